The van der Waals surface area contributed by atoms with E-state index in [1.165, 1.54) is 0 Å². The van der Waals surface area contributed by atoms with Crippen LogP contribution < -0.4 is 20.1 Å². The summed E-state index contributed by atoms with van der Waals surface area (Å²) in [4.78, 5) is 13.7. The maximum Gasteiger partial charge on any atom is 0.238 e. The summed E-state index contributed by atoms with van der Waals surface area (Å²) >= 11 is 1.66. The SMILES string of the molecule is COc1ccc(OC)c(NC(=O)CN[C@H](c2ccccc2)c2cccs2)c1. The normalized spacial score (nSPS) is 11.6. The smallest absolute Gasteiger partial charge is 0.238 e. The van der Waals surface area contributed by atoms with Crippen molar-refractivity contribution < 1.29 is 14.3 Å². The number of carbonyl (C=O) groups is 1. The summed E-state index contributed by atoms with van der Waals surface area (Å²) in [6.07, 6.45) is 0. The molecule has 0 radical (unpaired) electrons. The molecule has 1 heterocycles. The van der Waals surface area contributed by atoms with Gasteiger partial charge in [-0.25, -0.2) is 0 Å². The first-order valence-corrected chi connectivity index (χ1v) is 9.43. The maximum absolute atomic E-state index is 12.5. The molecule has 2 aromatic carbocycles. The highest BCUT2D eigenvalue weighted by atomic mass is 32.1. The maximum atomic E-state index is 12.5. The molecular formula is C21H22N2O3S. The molecule has 0 aliphatic heterocycles. The van der Waals surface area contributed by atoms with Gasteiger partial charge in [0.1, 0.15) is 11.5 Å². The Bertz CT molecular complexity index is 866. The summed E-state index contributed by atoms with van der Waals surface area (Å²) in [6, 6.07) is 19.4. The van der Waals surface area contributed by atoms with E-state index in [2.05, 4.69) is 28.8 Å². The molecule has 3 rings (SSSR count). The molecule has 6 heteroatoms. The van der Waals surface area contributed by atoms with E-state index in [1.807, 2.05) is 29.6 Å². The molecule has 0 saturated carbocycles. The van der Waals surface area contributed by atoms with Crippen LogP contribution in [0.15, 0.2) is 66.0 Å². The van der Waals surface area contributed by atoms with Gasteiger partial charge in [0.25, 0.3) is 0 Å². The topological polar surface area (TPSA) is 59.6 Å². The number of carbonyl (C=O) groups excluding carboxylic acids is 1. The van der Waals surface area contributed by atoms with Gasteiger partial charge in [-0.15, -0.1) is 11.3 Å². The van der Waals surface area contributed by atoms with Crippen molar-refractivity contribution in [2.45, 2.75) is 6.04 Å². The standard InChI is InChI=1S/C21H22N2O3S/c1-25-16-10-11-18(26-2)17(13-16)23-20(24)14-22-21(19-9-6-12-27-19)15-7-4-3-5-8-15/h3-13,21-22H,14H2,1-2H3,(H,23,24)/t21-/m1/s1. The van der Waals surface area contributed by atoms with Gasteiger partial charge in [0.05, 0.1) is 32.5 Å². The van der Waals surface area contributed by atoms with Crippen LogP contribution in [-0.4, -0.2) is 26.7 Å². The molecule has 5 nitrogen and oxygen atoms in total. The number of hydrogen-bond donors (Lipinski definition) is 2. The highest BCUT2D eigenvalue weighted by Gasteiger charge is 2.16. The number of ether oxygens (including phenoxy) is 2. The number of anilines is 1. The van der Waals surface area contributed by atoms with Crippen molar-refractivity contribution in [2.24, 2.45) is 0 Å². The molecular weight excluding hydrogens is 360 g/mol. The summed E-state index contributed by atoms with van der Waals surface area (Å²) in [5.74, 6) is 1.08. The molecule has 140 valence electrons. The van der Waals surface area contributed by atoms with Crippen molar-refractivity contribution >= 4 is 22.9 Å². The van der Waals surface area contributed by atoms with E-state index in [0.717, 1.165) is 10.4 Å². The summed E-state index contributed by atoms with van der Waals surface area (Å²) in [5, 5.41) is 8.27. The van der Waals surface area contributed by atoms with Gasteiger partial charge in [0, 0.05) is 10.9 Å². The zero-order chi connectivity index (χ0) is 19.1. The molecule has 1 aromatic heterocycles. The van der Waals surface area contributed by atoms with Gasteiger partial charge in [0.2, 0.25) is 5.91 Å². The number of amides is 1. The molecule has 0 fully saturated rings. The molecule has 0 aliphatic carbocycles. The van der Waals surface area contributed by atoms with Gasteiger partial charge in [-0.1, -0.05) is 36.4 Å². The number of methoxy groups -OCH3 is 2. The zero-order valence-electron chi connectivity index (χ0n) is 15.3. The summed E-state index contributed by atoms with van der Waals surface area (Å²) in [5.41, 5.74) is 1.70. The predicted molar refractivity (Wildman–Crippen MR) is 109 cm³/mol. The lowest BCUT2D eigenvalue weighted by Gasteiger charge is -2.18. The van der Waals surface area contributed by atoms with Crippen molar-refractivity contribution in [2.75, 3.05) is 26.1 Å². The van der Waals surface area contributed by atoms with Crippen LogP contribution in [0, 0.1) is 0 Å². The second-order valence-electron chi connectivity index (χ2n) is 5.85. The van der Waals surface area contributed by atoms with Crippen LogP contribution in [0.5, 0.6) is 11.5 Å². The molecule has 3 aromatic rings. The van der Waals surface area contributed by atoms with Gasteiger partial charge >= 0.3 is 0 Å². The zero-order valence-corrected chi connectivity index (χ0v) is 16.1. The van der Waals surface area contributed by atoms with E-state index in [0.29, 0.717) is 17.2 Å². The third kappa shape index (κ3) is 4.87. The second-order valence-corrected chi connectivity index (χ2v) is 6.83. The minimum absolute atomic E-state index is 0.0378. The monoisotopic (exact) mass is 382 g/mol. The Labute approximate surface area is 162 Å². The first-order valence-electron chi connectivity index (χ1n) is 8.55. The molecule has 0 spiro atoms. The Balaban J connectivity index is 1.70. The van der Waals surface area contributed by atoms with Crippen LogP contribution in [0.3, 0.4) is 0 Å². The molecule has 27 heavy (non-hydrogen) atoms. The van der Waals surface area contributed by atoms with Gasteiger partial charge in [-0.3, -0.25) is 10.1 Å². The first kappa shape index (κ1) is 18.9. The quantitative estimate of drug-likeness (QED) is 0.616. The molecule has 1 amide bonds. The van der Waals surface area contributed by atoms with E-state index < -0.39 is 0 Å². The van der Waals surface area contributed by atoms with Crippen LogP contribution in [0.2, 0.25) is 0 Å². The van der Waals surface area contributed by atoms with Crippen LogP contribution in [0.1, 0.15) is 16.5 Å². The Hall–Kier alpha value is -2.83. The number of rotatable bonds is 8. The largest absolute Gasteiger partial charge is 0.497 e. The fourth-order valence-corrected chi connectivity index (χ4v) is 3.61. The van der Waals surface area contributed by atoms with Gasteiger partial charge in [-0.05, 0) is 29.1 Å². The van der Waals surface area contributed by atoms with Gasteiger partial charge < -0.3 is 14.8 Å². The molecule has 0 unspecified atom stereocenters. The van der Waals surface area contributed by atoms with Crippen molar-refractivity contribution in [3.63, 3.8) is 0 Å². The van der Waals surface area contributed by atoms with Crippen LogP contribution in [0.4, 0.5) is 5.69 Å². The fourth-order valence-electron chi connectivity index (χ4n) is 2.78. The van der Waals surface area contributed by atoms with Crippen LogP contribution >= 0.6 is 11.3 Å². The summed E-state index contributed by atoms with van der Waals surface area (Å²) in [6.45, 7) is 0.165. The van der Waals surface area contributed by atoms with Crippen molar-refractivity contribution in [1.29, 1.82) is 0 Å². The Morgan fingerprint density at radius 1 is 1.04 bits per heavy atom. The highest BCUT2D eigenvalue weighted by molar-refractivity contribution is 7.10. The molecule has 0 aliphatic rings. The number of nitrogens with one attached hydrogen (secondary N) is 2. The van der Waals surface area contributed by atoms with Gasteiger partial charge in [0.15, 0.2) is 0 Å². The minimum Gasteiger partial charge on any atom is -0.497 e. The molecule has 2 N–H and O–H groups in total. The van der Waals surface area contributed by atoms with Crippen molar-refractivity contribution in [3.05, 3.63) is 76.5 Å². The molecule has 0 saturated heterocycles. The third-order valence-electron chi connectivity index (χ3n) is 4.11. The second kappa shape index (κ2) is 9.21. The lowest BCUT2D eigenvalue weighted by Crippen LogP contribution is -2.31. The average molecular weight is 382 g/mol. The Morgan fingerprint density at radius 2 is 1.85 bits per heavy atom. The van der Waals surface area contributed by atoms with E-state index in [9.17, 15) is 4.79 Å². The van der Waals surface area contributed by atoms with Crippen molar-refractivity contribution in [1.82, 2.24) is 5.32 Å². The highest BCUT2D eigenvalue weighted by Crippen LogP contribution is 2.29. The first-order chi connectivity index (χ1) is 13.2. The Kier molecular flexibility index (Phi) is 6.46. The minimum atomic E-state index is -0.154. The van der Waals surface area contributed by atoms with Crippen LogP contribution in [0.25, 0.3) is 0 Å². The van der Waals surface area contributed by atoms with Gasteiger partial charge in [-0.2, -0.15) is 0 Å². The van der Waals surface area contributed by atoms with E-state index in [1.54, 1.807) is 43.8 Å². The van der Waals surface area contributed by atoms with Crippen molar-refractivity contribution in [3.8, 4) is 11.5 Å². The average Bonchev–Trinajstić information content (AvgIpc) is 3.23. The third-order valence-corrected chi connectivity index (χ3v) is 5.05. The summed E-state index contributed by atoms with van der Waals surface area (Å²) in [7, 11) is 3.15. The number of benzene rings is 2. The van der Waals surface area contributed by atoms with E-state index in [4.69, 9.17) is 9.47 Å². The van der Waals surface area contributed by atoms with E-state index in [-0.39, 0.29) is 18.5 Å². The molecule has 1 atom stereocenters. The van der Waals surface area contributed by atoms with Crippen LogP contribution in [-0.2, 0) is 4.79 Å². The predicted octanol–water partition coefficient (Wildman–Crippen LogP) is 4.08. The molecule has 0 bridgehead atoms. The number of thiophene rings is 1. The number of hydrogen-bond acceptors (Lipinski definition) is 5. The lowest BCUT2D eigenvalue weighted by atomic mass is 10.1. The Morgan fingerprint density at radius 3 is 2.52 bits per heavy atom. The van der Waals surface area contributed by atoms with E-state index >= 15 is 0 Å². The lowest BCUT2D eigenvalue weighted by molar-refractivity contribution is -0.115. The summed E-state index contributed by atoms with van der Waals surface area (Å²) < 4.78 is 10.5. The fraction of sp³-hybridized carbons (Fsp3) is 0.190.